The Hall–Kier alpha value is -2.84. The number of hydrogen-bond acceptors (Lipinski definition) is 5. The van der Waals surface area contributed by atoms with Gasteiger partial charge in [-0.25, -0.2) is 4.98 Å². The van der Waals surface area contributed by atoms with Gasteiger partial charge in [0.25, 0.3) is 0 Å². The summed E-state index contributed by atoms with van der Waals surface area (Å²) in [6.07, 6.45) is 3.18. The SMILES string of the molecule is N#Cc1cc(N)cnc1Nc1ccc(Cl)c2cccnc12. The van der Waals surface area contributed by atoms with Gasteiger partial charge in [0.05, 0.1) is 33.7 Å². The largest absolute Gasteiger partial charge is 0.397 e. The van der Waals surface area contributed by atoms with Crippen LogP contribution in [0, 0.1) is 11.3 Å². The molecular weight excluding hydrogens is 286 g/mol. The van der Waals surface area contributed by atoms with E-state index in [4.69, 9.17) is 22.6 Å². The second kappa shape index (κ2) is 5.27. The summed E-state index contributed by atoms with van der Waals surface area (Å²) in [5.74, 6) is 0.431. The molecule has 3 rings (SSSR count). The quantitative estimate of drug-likeness (QED) is 0.755. The summed E-state index contributed by atoms with van der Waals surface area (Å²) < 4.78 is 0. The van der Waals surface area contributed by atoms with Crippen molar-refractivity contribution in [3.8, 4) is 6.07 Å². The van der Waals surface area contributed by atoms with Crippen LogP contribution in [0.2, 0.25) is 5.02 Å². The van der Waals surface area contributed by atoms with E-state index in [-0.39, 0.29) is 0 Å². The Morgan fingerprint density at radius 1 is 1.24 bits per heavy atom. The number of pyridine rings is 2. The van der Waals surface area contributed by atoms with E-state index in [1.54, 1.807) is 24.4 Å². The molecule has 0 bridgehead atoms. The number of rotatable bonds is 2. The standard InChI is InChI=1S/C15H10ClN5/c16-12-3-4-13(14-11(12)2-1-5-19-14)21-15-9(7-17)6-10(18)8-20-15/h1-6,8H,18H2,(H,20,21). The molecule has 0 radical (unpaired) electrons. The van der Waals surface area contributed by atoms with E-state index in [0.29, 0.717) is 27.6 Å². The summed E-state index contributed by atoms with van der Waals surface area (Å²) in [7, 11) is 0. The van der Waals surface area contributed by atoms with Crippen molar-refractivity contribution >= 4 is 39.7 Å². The van der Waals surface area contributed by atoms with Crippen LogP contribution in [0.5, 0.6) is 0 Å². The summed E-state index contributed by atoms with van der Waals surface area (Å²) in [5.41, 5.74) is 7.89. The third-order valence-corrected chi connectivity index (χ3v) is 3.33. The molecule has 5 nitrogen and oxygen atoms in total. The average molecular weight is 296 g/mol. The van der Waals surface area contributed by atoms with Crippen LogP contribution in [0.3, 0.4) is 0 Å². The van der Waals surface area contributed by atoms with Crippen LogP contribution < -0.4 is 11.1 Å². The Balaban J connectivity index is 2.11. The minimum Gasteiger partial charge on any atom is -0.397 e. The van der Waals surface area contributed by atoms with E-state index in [1.807, 2.05) is 12.1 Å². The second-order valence-corrected chi connectivity index (χ2v) is 4.80. The van der Waals surface area contributed by atoms with Crippen LogP contribution in [0.4, 0.5) is 17.2 Å². The van der Waals surface area contributed by atoms with Crippen LogP contribution in [0.25, 0.3) is 10.9 Å². The van der Waals surface area contributed by atoms with E-state index in [1.165, 1.54) is 6.20 Å². The first-order valence-corrected chi connectivity index (χ1v) is 6.52. The van der Waals surface area contributed by atoms with Crippen molar-refractivity contribution in [1.82, 2.24) is 9.97 Å². The smallest absolute Gasteiger partial charge is 0.148 e. The molecule has 0 atom stereocenters. The first kappa shape index (κ1) is 13.2. The summed E-state index contributed by atoms with van der Waals surface area (Å²) in [6.45, 7) is 0. The number of hydrogen-bond donors (Lipinski definition) is 2. The third kappa shape index (κ3) is 2.45. The number of nitriles is 1. The Morgan fingerprint density at radius 2 is 2.10 bits per heavy atom. The van der Waals surface area contributed by atoms with E-state index >= 15 is 0 Å². The van der Waals surface area contributed by atoms with Crippen molar-refractivity contribution in [2.75, 3.05) is 11.1 Å². The number of nitrogens with one attached hydrogen (secondary N) is 1. The lowest BCUT2D eigenvalue weighted by Gasteiger charge is -2.10. The Morgan fingerprint density at radius 3 is 2.90 bits per heavy atom. The minimum absolute atomic E-state index is 0.369. The first-order valence-electron chi connectivity index (χ1n) is 6.15. The third-order valence-electron chi connectivity index (χ3n) is 3.00. The zero-order valence-electron chi connectivity index (χ0n) is 10.8. The molecule has 0 spiro atoms. The van der Waals surface area contributed by atoms with E-state index < -0.39 is 0 Å². The Bertz CT molecular complexity index is 870. The molecule has 0 aliphatic rings. The monoisotopic (exact) mass is 295 g/mol. The molecule has 102 valence electrons. The molecule has 0 unspecified atom stereocenters. The van der Waals surface area contributed by atoms with Gasteiger partial charge in [-0.1, -0.05) is 11.6 Å². The molecule has 0 saturated heterocycles. The number of nitrogens with two attached hydrogens (primary N) is 1. The van der Waals surface area contributed by atoms with Gasteiger partial charge in [-0.05, 0) is 30.3 Å². The highest BCUT2D eigenvalue weighted by molar-refractivity contribution is 6.35. The average Bonchev–Trinajstić information content (AvgIpc) is 2.52. The first-order chi connectivity index (χ1) is 10.2. The lowest BCUT2D eigenvalue weighted by Crippen LogP contribution is -2.00. The highest BCUT2D eigenvalue weighted by Gasteiger charge is 2.09. The van der Waals surface area contributed by atoms with Gasteiger partial charge in [-0.15, -0.1) is 0 Å². The van der Waals surface area contributed by atoms with Crippen LogP contribution in [-0.2, 0) is 0 Å². The van der Waals surface area contributed by atoms with E-state index in [2.05, 4.69) is 21.4 Å². The lowest BCUT2D eigenvalue weighted by atomic mass is 10.2. The second-order valence-electron chi connectivity index (χ2n) is 4.40. The fraction of sp³-hybridized carbons (Fsp3) is 0. The molecule has 3 N–H and O–H groups in total. The highest BCUT2D eigenvalue weighted by atomic mass is 35.5. The van der Waals surface area contributed by atoms with Crippen LogP contribution in [0.1, 0.15) is 5.56 Å². The van der Waals surface area contributed by atoms with Crippen molar-refractivity contribution in [3.63, 3.8) is 0 Å². The highest BCUT2D eigenvalue weighted by Crippen LogP contribution is 2.30. The summed E-state index contributed by atoms with van der Waals surface area (Å²) >= 11 is 6.16. The number of aromatic nitrogens is 2. The molecule has 2 heterocycles. The molecule has 0 fully saturated rings. The maximum Gasteiger partial charge on any atom is 0.148 e. The van der Waals surface area contributed by atoms with Crippen LogP contribution >= 0.6 is 11.6 Å². The molecule has 0 saturated carbocycles. The number of fused-ring (bicyclic) bond motifs is 1. The Labute approximate surface area is 126 Å². The van der Waals surface area contributed by atoms with Crippen molar-refractivity contribution < 1.29 is 0 Å². The summed E-state index contributed by atoms with van der Waals surface area (Å²) in [5, 5.41) is 13.7. The molecule has 1 aromatic carbocycles. The van der Waals surface area contributed by atoms with Gasteiger partial charge in [0.15, 0.2) is 0 Å². The van der Waals surface area contributed by atoms with Gasteiger partial charge in [0.2, 0.25) is 0 Å². The minimum atomic E-state index is 0.369. The summed E-state index contributed by atoms with van der Waals surface area (Å²) in [6, 6.07) is 10.9. The van der Waals surface area contributed by atoms with Gasteiger partial charge in [0, 0.05) is 11.6 Å². The Kier molecular flexibility index (Phi) is 3.30. The predicted molar refractivity (Wildman–Crippen MR) is 83.4 cm³/mol. The fourth-order valence-corrected chi connectivity index (χ4v) is 2.25. The zero-order valence-corrected chi connectivity index (χ0v) is 11.6. The normalized spacial score (nSPS) is 10.3. The molecule has 6 heteroatoms. The van der Waals surface area contributed by atoms with Crippen LogP contribution in [-0.4, -0.2) is 9.97 Å². The molecule has 0 amide bonds. The van der Waals surface area contributed by atoms with Gasteiger partial charge >= 0.3 is 0 Å². The van der Waals surface area contributed by atoms with Crippen molar-refractivity contribution in [1.29, 1.82) is 5.26 Å². The molecule has 0 aliphatic heterocycles. The number of nitrogen functional groups attached to an aromatic ring is 1. The van der Waals surface area contributed by atoms with Gasteiger partial charge in [-0.3, -0.25) is 4.98 Å². The van der Waals surface area contributed by atoms with Gasteiger partial charge < -0.3 is 11.1 Å². The number of halogens is 1. The number of nitrogens with zero attached hydrogens (tertiary/aromatic N) is 3. The molecule has 3 aromatic rings. The zero-order chi connectivity index (χ0) is 14.8. The fourth-order valence-electron chi connectivity index (χ4n) is 2.03. The lowest BCUT2D eigenvalue weighted by molar-refractivity contribution is 1.29. The predicted octanol–water partition coefficient (Wildman–Crippen LogP) is 3.48. The van der Waals surface area contributed by atoms with Crippen molar-refractivity contribution in [2.45, 2.75) is 0 Å². The molecular formula is C15H10ClN5. The maximum absolute atomic E-state index is 9.16. The molecule has 21 heavy (non-hydrogen) atoms. The number of anilines is 3. The maximum atomic E-state index is 9.16. The van der Waals surface area contributed by atoms with Gasteiger partial charge in [0.1, 0.15) is 11.9 Å². The topological polar surface area (TPSA) is 87.6 Å². The van der Waals surface area contributed by atoms with Gasteiger partial charge in [-0.2, -0.15) is 5.26 Å². The molecule has 2 aromatic heterocycles. The van der Waals surface area contributed by atoms with Crippen molar-refractivity contribution in [2.24, 2.45) is 0 Å². The molecule has 0 aliphatic carbocycles. The van der Waals surface area contributed by atoms with E-state index in [9.17, 15) is 0 Å². The summed E-state index contributed by atoms with van der Waals surface area (Å²) in [4.78, 5) is 8.48. The van der Waals surface area contributed by atoms with Crippen LogP contribution in [0.15, 0.2) is 42.7 Å². The van der Waals surface area contributed by atoms with Crippen molar-refractivity contribution in [3.05, 3.63) is 53.3 Å². The van der Waals surface area contributed by atoms with E-state index in [0.717, 1.165) is 11.1 Å². The number of benzene rings is 1.